The van der Waals surface area contributed by atoms with E-state index in [1.54, 1.807) is 0 Å². The van der Waals surface area contributed by atoms with E-state index in [9.17, 15) is 0 Å². The van der Waals surface area contributed by atoms with Crippen molar-refractivity contribution < 1.29 is 0 Å². The van der Waals surface area contributed by atoms with Gasteiger partial charge in [-0.1, -0.05) is 141 Å². The van der Waals surface area contributed by atoms with Crippen molar-refractivity contribution >= 4 is 0 Å². The summed E-state index contributed by atoms with van der Waals surface area (Å²) >= 11 is 0. The third-order valence-corrected chi connectivity index (χ3v) is 2.96. The van der Waals surface area contributed by atoms with Crippen LogP contribution in [-0.2, 0) is 0 Å². The van der Waals surface area contributed by atoms with Gasteiger partial charge in [-0.3, -0.25) is 0 Å². The summed E-state index contributed by atoms with van der Waals surface area (Å²) in [5, 5.41) is 0. The molecule has 0 nitrogen and oxygen atoms in total. The average Bonchev–Trinajstić information content (AvgIpc) is 2.71. The molecular formula is C28H64. The normalized spacial score (nSPS) is 8.71. The van der Waals surface area contributed by atoms with Crippen LogP contribution in [-0.4, -0.2) is 0 Å². The predicted molar refractivity (Wildman–Crippen MR) is 143 cm³/mol. The Morgan fingerprint density at radius 2 is 1.00 bits per heavy atom. The summed E-state index contributed by atoms with van der Waals surface area (Å²) in [5.74, 6) is 1.77. The Labute approximate surface area is 185 Å². The van der Waals surface area contributed by atoms with Crippen LogP contribution in [0.25, 0.3) is 0 Å². The average molecular weight is 401 g/mol. The van der Waals surface area contributed by atoms with Crippen molar-refractivity contribution in [1.82, 2.24) is 0 Å². The third kappa shape index (κ3) is 173. The summed E-state index contributed by atoms with van der Waals surface area (Å²) in [4.78, 5) is 0. The molecule has 1 atom stereocenters. The standard InChI is InChI=1S/C7H16.C5H8.C4H10.C4H8.2C3H8.C2H6/c1-5-7(4)6(2)3;1-3-5-4-2;2*1-3-4-2;2*1-3-2;1-2/h6-7H,5H2,1-4H3;5H,1,4H2,2H3;3-4H2,1-2H3;3-4H,1-2H3;2*3H2,1-2H3;1-2H3/b;;;4-3-;;;. The quantitative estimate of drug-likeness (QED) is 0.325. The van der Waals surface area contributed by atoms with E-state index in [0.29, 0.717) is 0 Å². The molecule has 0 aliphatic heterocycles. The molecule has 1 unspecified atom stereocenters. The number of hydrogen-bond donors (Lipinski definition) is 0. The van der Waals surface area contributed by atoms with Gasteiger partial charge in [-0.15, -0.1) is 5.73 Å². The van der Waals surface area contributed by atoms with Crippen molar-refractivity contribution in [2.24, 2.45) is 11.8 Å². The molecule has 0 saturated carbocycles. The van der Waals surface area contributed by atoms with E-state index in [-0.39, 0.29) is 0 Å². The van der Waals surface area contributed by atoms with E-state index in [1.807, 2.05) is 45.9 Å². The highest BCUT2D eigenvalue weighted by atomic mass is 14.1. The van der Waals surface area contributed by atoms with Crippen LogP contribution in [0.4, 0.5) is 0 Å². The second-order valence-corrected chi connectivity index (χ2v) is 6.53. The largest absolute Gasteiger partial charge is 0.133 e. The van der Waals surface area contributed by atoms with E-state index < -0.39 is 0 Å². The Morgan fingerprint density at radius 3 is 1.00 bits per heavy atom. The van der Waals surface area contributed by atoms with Gasteiger partial charge in [-0.2, -0.15) is 0 Å². The van der Waals surface area contributed by atoms with Gasteiger partial charge in [0.1, 0.15) is 0 Å². The van der Waals surface area contributed by atoms with E-state index in [2.05, 4.69) is 88.5 Å². The maximum Gasteiger partial charge on any atom is -0.0303 e. The minimum atomic E-state index is 0.866. The van der Waals surface area contributed by atoms with Crippen LogP contribution in [0.5, 0.6) is 0 Å². The first-order valence-corrected chi connectivity index (χ1v) is 12.2. The van der Waals surface area contributed by atoms with Crippen molar-refractivity contribution in [2.75, 3.05) is 0 Å². The lowest BCUT2D eigenvalue weighted by molar-refractivity contribution is 0.407. The van der Waals surface area contributed by atoms with Crippen LogP contribution in [0.1, 0.15) is 142 Å². The topological polar surface area (TPSA) is 0 Å². The zero-order valence-corrected chi connectivity index (χ0v) is 23.3. The summed E-state index contributed by atoms with van der Waals surface area (Å²) in [6, 6.07) is 0. The minimum absolute atomic E-state index is 0.866. The Morgan fingerprint density at radius 1 is 0.714 bits per heavy atom. The van der Waals surface area contributed by atoms with Gasteiger partial charge in [-0.25, -0.2) is 0 Å². The summed E-state index contributed by atoms with van der Waals surface area (Å²) in [6.45, 7) is 35.4. The first-order valence-electron chi connectivity index (χ1n) is 12.2. The van der Waals surface area contributed by atoms with Crippen molar-refractivity contribution in [1.29, 1.82) is 0 Å². The van der Waals surface area contributed by atoms with Gasteiger partial charge in [0.15, 0.2) is 0 Å². The molecule has 0 N–H and O–H groups in total. The third-order valence-electron chi connectivity index (χ3n) is 2.96. The first-order chi connectivity index (χ1) is 13.3. The summed E-state index contributed by atoms with van der Waals surface area (Å²) in [6.07, 6.45) is 13.4. The fourth-order valence-corrected chi connectivity index (χ4v) is 0.616. The van der Waals surface area contributed by atoms with Crippen LogP contribution < -0.4 is 0 Å². The van der Waals surface area contributed by atoms with E-state index in [4.69, 9.17) is 0 Å². The molecule has 0 saturated heterocycles. The highest BCUT2D eigenvalue weighted by molar-refractivity contribution is 4.72. The maximum absolute atomic E-state index is 3.37. The predicted octanol–water partition coefficient (Wildman–Crippen LogP) is 11.7. The smallest absolute Gasteiger partial charge is 0.0303 e. The molecule has 0 heteroatoms. The van der Waals surface area contributed by atoms with E-state index >= 15 is 0 Å². The van der Waals surface area contributed by atoms with Gasteiger partial charge >= 0.3 is 0 Å². The van der Waals surface area contributed by atoms with Crippen molar-refractivity contribution in [3.05, 3.63) is 30.5 Å². The maximum atomic E-state index is 3.37. The molecule has 0 fully saturated rings. The molecule has 0 spiro atoms. The summed E-state index contributed by atoms with van der Waals surface area (Å²) < 4.78 is 0. The van der Waals surface area contributed by atoms with Gasteiger partial charge in [0.2, 0.25) is 0 Å². The zero-order chi connectivity index (χ0) is 24.2. The molecule has 28 heavy (non-hydrogen) atoms. The molecule has 0 aromatic heterocycles. The Kier molecular flexibility index (Phi) is 118. The molecule has 0 bridgehead atoms. The molecule has 176 valence electrons. The van der Waals surface area contributed by atoms with Gasteiger partial charge in [0.05, 0.1) is 0 Å². The van der Waals surface area contributed by atoms with Gasteiger partial charge in [0.25, 0.3) is 0 Å². The summed E-state index contributed by atoms with van der Waals surface area (Å²) in [7, 11) is 0. The molecule has 0 aliphatic carbocycles. The van der Waals surface area contributed by atoms with Crippen LogP contribution in [0.2, 0.25) is 0 Å². The molecule has 0 rings (SSSR count). The van der Waals surface area contributed by atoms with Gasteiger partial charge < -0.3 is 0 Å². The molecular weight excluding hydrogens is 336 g/mol. The lowest BCUT2D eigenvalue weighted by Crippen LogP contribution is -2.00. The lowest BCUT2D eigenvalue weighted by atomic mass is 9.96. The number of rotatable bonds is 4. The van der Waals surface area contributed by atoms with Crippen LogP contribution in [0, 0.1) is 11.8 Å². The number of allylic oxidation sites excluding steroid dienone is 3. The molecule has 0 radical (unpaired) electrons. The molecule has 0 amide bonds. The second kappa shape index (κ2) is 72.0. The number of hydrogen-bond acceptors (Lipinski definition) is 0. The Bertz CT molecular complexity index is 208. The molecule has 0 aliphatic rings. The van der Waals surface area contributed by atoms with Gasteiger partial charge in [0, 0.05) is 0 Å². The minimum Gasteiger partial charge on any atom is -0.133 e. The van der Waals surface area contributed by atoms with Crippen LogP contribution in [0.3, 0.4) is 0 Å². The van der Waals surface area contributed by atoms with E-state index in [0.717, 1.165) is 18.3 Å². The lowest BCUT2D eigenvalue weighted by Gasteiger charge is -2.10. The Hall–Kier alpha value is -0.740. The first kappa shape index (κ1) is 45.8. The number of unbranched alkanes of at least 4 members (excludes halogenated alkanes) is 1. The zero-order valence-electron chi connectivity index (χ0n) is 23.3. The van der Waals surface area contributed by atoms with Crippen LogP contribution in [0.15, 0.2) is 30.5 Å². The van der Waals surface area contributed by atoms with E-state index in [1.165, 1.54) is 32.1 Å². The van der Waals surface area contributed by atoms with Crippen molar-refractivity contribution in [3.8, 4) is 0 Å². The fourth-order valence-electron chi connectivity index (χ4n) is 0.616. The fraction of sp³-hybridized carbons (Fsp3) is 0.821. The Balaban J connectivity index is -0.0000000381. The second-order valence-electron chi connectivity index (χ2n) is 6.53. The van der Waals surface area contributed by atoms with Crippen molar-refractivity contribution in [3.63, 3.8) is 0 Å². The van der Waals surface area contributed by atoms with Crippen LogP contribution >= 0.6 is 0 Å². The highest BCUT2D eigenvalue weighted by Gasteiger charge is 2.01. The molecule has 0 heterocycles. The van der Waals surface area contributed by atoms with Gasteiger partial charge in [-0.05, 0) is 38.2 Å². The summed E-state index contributed by atoms with van der Waals surface area (Å²) in [5.41, 5.74) is 2.64. The SMILES string of the molecule is C/C=C\C.C=C=CCC.CC.CCC.CCC.CCC(C)C(C)C.CCCC. The van der Waals surface area contributed by atoms with Crippen molar-refractivity contribution in [2.45, 2.75) is 142 Å². The highest BCUT2D eigenvalue weighted by Crippen LogP contribution is 2.11. The molecule has 0 aromatic rings. The molecule has 0 aromatic carbocycles. The monoisotopic (exact) mass is 401 g/mol.